The highest BCUT2D eigenvalue weighted by molar-refractivity contribution is 5.39. The van der Waals surface area contributed by atoms with Gasteiger partial charge >= 0.3 is 0 Å². The van der Waals surface area contributed by atoms with E-state index in [1.807, 2.05) is 6.07 Å². The minimum atomic E-state index is -0.134. The number of nitrogens with one attached hydrogen (secondary N) is 1. The first-order valence-electron chi connectivity index (χ1n) is 6.93. The Morgan fingerprint density at radius 2 is 2.21 bits per heavy atom. The Bertz CT molecular complexity index is 408. The van der Waals surface area contributed by atoms with Crippen LogP contribution >= 0.6 is 0 Å². The SMILES string of the molecule is COc1ccc(O)c(CNCC2CCCC(O)C2)c1. The molecule has 0 aromatic heterocycles. The van der Waals surface area contributed by atoms with Crippen LogP contribution in [0, 0.1) is 5.92 Å². The Balaban J connectivity index is 1.81. The lowest BCUT2D eigenvalue weighted by Crippen LogP contribution is -2.28. The van der Waals surface area contributed by atoms with Gasteiger partial charge in [0.15, 0.2) is 0 Å². The summed E-state index contributed by atoms with van der Waals surface area (Å²) in [6.45, 7) is 1.50. The summed E-state index contributed by atoms with van der Waals surface area (Å²) < 4.78 is 5.15. The van der Waals surface area contributed by atoms with Gasteiger partial charge in [0.1, 0.15) is 11.5 Å². The van der Waals surface area contributed by atoms with Crippen LogP contribution in [0.3, 0.4) is 0 Å². The number of benzene rings is 1. The minimum Gasteiger partial charge on any atom is -0.508 e. The standard InChI is InChI=1S/C15H23NO3/c1-19-14-5-6-15(18)12(8-14)10-16-9-11-3-2-4-13(17)7-11/h5-6,8,11,13,16-18H,2-4,7,9-10H2,1H3. The fourth-order valence-electron chi connectivity index (χ4n) is 2.69. The average Bonchev–Trinajstić information content (AvgIpc) is 2.41. The molecule has 0 spiro atoms. The Hall–Kier alpha value is -1.26. The summed E-state index contributed by atoms with van der Waals surface area (Å²) in [5, 5.41) is 22.8. The number of aliphatic hydroxyl groups is 1. The van der Waals surface area contributed by atoms with Crippen LogP contribution in [0.4, 0.5) is 0 Å². The number of methoxy groups -OCH3 is 1. The molecule has 1 aromatic carbocycles. The molecular weight excluding hydrogens is 242 g/mol. The van der Waals surface area contributed by atoms with Crippen LogP contribution in [-0.2, 0) is 6.54 Å². The van der Waals surface area contributed by atoms with Crippen molar-refractivity contribution in [2.45, 2.75) is 38.3 Å². The third-order valence-corrected chi connectivity index (χ3v) is 3.79. The smallest absolute Gasteiger partial charge is 0.120 e. The van der Waals surface area contributed by atoms with E-state index in [4.69, 9.17) is 4.74 Å². The van der Waals surface area contributed by atoms with Crippen molar-refractivity contribution < 1.29 is 14.9 Å². The van der Waals surface area contributed by atoms with E-state index in [9.17, 15) is 10.2 Å². The molecule has 0 heterocycles. The predicted molar refractivity (Wildman–Crippen MR) is 74.3 cm³/mol. The maximum atomic E-state index is 9.77. The molecule has 1 aromatic rings. The van der Waals surface area contributed by atoms with Crippen LogP contribution in [0.1, 0.15) is 31.2 Å². The minimum absolute atomic E-state index is 0.134. The summed E-state index contributed by atoms with van der Waals surface area (Å²) in [5.74, 6) is 1.58. The van der Waals surface area contributed by atoms with E-state index in [-0.39, 0.29) is 11.9 Å². The molecule has 1 aliphatic carbocycles. The van der Waals surface area contributed by atoms with Crippen molar-refractivity contribution in [3.05, 3.63) is 23.8 Å². The van der Waals surface area contributed by atoms with Crippen molar-refractivity contribution in [1.29, 1.82) is 0 Å². The highest BCUT2D eigenvalue weighted by Crippen LogP contribution is 2.25. The molecule has 0 saturated heterocycles. The van der Waals surface area contributed by atoms with Crippen molar-refractivity contribution in [3.63, 3.8) is 0 Å². The number of hydrogen-bond acceptors (Lipinski definition) is 4. The first-order valence-corrected chi connectivity index (χ1v) is 6.93. The van der Waals surface area contributed by atoms with Crippen LogP contribution in [0.2, 0.25) is 0 Å². The fraction of sp³-hybridized carbons (Fsp3) is 0.600. The molecule has 2 unspecified atom stereocenters. The van der Waals surface area contributed by atoms with E-state index >= 15 is 0 Å². The van der Waals surface area contributed by atoms with Gasteiger partial charge in [-0.2, -0.15) is 0 Å². The third-order valence-electron chi connectivity index (χ3n) is 3.79. The van der Waals surface area contributed by atoms with Gasteiger partial charge in [-0.3, -0.25) is 0 Å². The summed E-state index contributed by atoms with van der Waals surface area (Å²) in [5.41, 5.74) is 0.843. The zero-order chi connectivity index (χ0) is 13.7. The molecular formula is C15H23NO3. The van der Waals surface area contributed by atoms with Gasteiger partial charge in [0, 0.05) is 12.1 Å². The lowest BCUT2D eigenvalue weighted by molar-refractivity contribution is 0.101. The van der Waals surface area contributed by atoms with E-state index < -0.39 is 0 Å². The summed E-state index contributed by atoms with van der Waals surface area (Å²) >= 11 is 0. The molecule has 1 saturated carbocycles. The van der Waals surface area contributed by atoms with Gasteiger partial charge in [0.05, 0.1) is 13.2 Å². The second kappa shape index (κ2) is 6.78. The summed E-state index contributed by atoms with van der Waals surface area (Å²) in [6.07, 6.45) is 3.97. The van der Waals surface area contributed by atoms with Crippen molar-refractivity contribution >= 4 is 0 Å². The number of ether oxygens (including phenoxy) is 1. The quantitative estimate of drug-likeness (QED) is 0.762. The largest absolute Gasteiger partial charge is 0.508 e. The van der Waals surface area contributed by atoms with E-state index in [0.717, 1.165) is 37.1 Å². The topological polar surface area (TPSA) is 61.7 Å². The van der Waals surface area contributed by atoms with Crippen LogP contribution in [-0.4, -0.2) is 30.0 Å². The van der Waals surface area contributed by atoms with Gasteiger partial charge in [0.25, 0.3) is 0 Å². The fourth-order valence-corrected chi connectivity index (χ4v) is 2.69. The van der Waals surface area contributed by atoms with E-state index in [1.54, 1.807) is 19.2 Å². The molecule has 2 atom stereocenters. The Kier molecular flexibility index (Phi) is 5.05. The highest BCUT2D eigenvalue weighted by atomic mass is 16.5. The van der Waals surface area contributed by atoms with Crippen LogP contribution in [0.25, 0.3) is 0 Å². The molecule has 2 rings (SSSR count). The first-order chi connectivity index (χ1) is 9.19. The van der Waals surface area contributed by atoms with Crippen LogP contribution < -0.4 is 10.1 Å². The van der Waals surface area contributed by atoms with E-state index in [0.29, 0.717) is 12.5 Å². The van der Waals surface area contributed by atoms with E-state index in [1.165, 1.54) is 6.42 Å². The van der Waals surface area contributed by atoms with Gasteiger partial charge in [-0.25, -0.2) is 0 Å². The lowest BCUT2D eigenvalue weighted by Gasteiger charge is -2.26. The number of phenols is 1. The van der Waals surface area contributed by atoms with Crippen molar-refractivity contribution in [2.75, 3.05) is 13.7 Å². The van der Waals surface area contributed by atoms with Crippen LogP contribution in [0.5, 0.6) is 11.5 Å². The molecule has 106 valence electrons. The number of aliphatic hydroxyl groups excluding tert-OH is 1. The second-order valence-corrected chi connectivity index (χ2v) is 5.31. The molecule has 3 N–H and O–H groups in total. The Morgan fingerprint density at radius 1 is 1.37 bits per heavy atom. The number of phenolic OH excluding ortho intramolecular Hbond substituents is 1. The molecule has 1 fully saturated rings. The van der Waals surface area contributed by atoms with Gasteiger partial charge in [-0.15, -0.1) is 0 Å². The second-order valence-electron chi connectivity index (χ2n) is 5.31. The normalized spacial score (nSPS) is 23.3. The molecule has 4 heteroatoms. The van der Waals surface area contributed by atoms with Crippen LogP contribution in [0.15, 0.2) is 18.2 Å². The molecule has 1 aliphatic rings. The Morgan fingerprint density at radius 3 is 2.95 bits per heavy atom. The lowest BCUT2D eigenvalue weighted by atomic mass is 9.87. The van der Waals surface area contributed by atoms with Gasteiger partial charge in [-0.05, 0) is 49.9 Å². The van der Waals surface area contributed by atoms with E-state index in [2.05, 4.69) is 5.32 Å². The zero-order valence-corrected chi connectivity index (χ0v) is 11.4. The first kappa shape index (κ1) is 14.2. The summed E-state index contributed by atoms with van der Waals surface area (Å²) in [4.78, 5) is 0. The summed E-state index contributed by atoms with van der Waals surface area (Å²) in [6, 6.07) is 5.24. The monoisotopic (exact) mass is 265 g/mol. The molecule has 0 radical (unpaired) electrons. The number of aromatic hydroxyl groups is 1. The molecule has 19 heavy (non-hydrogen) atoms. The van der Waals surface area contributed by atoms with Crippen molar-refractivity contribution in [3.8, 4) is 11.5 Å². The molecule has 0 amide bonds. The Labute approximate surface area is 114 Å². The molecule has 0 bridgehead atoms. The zero-order valence-electron chi connectivity index (χ0n) is 11.4. The maximum absolute atomic E-state index is 9.77. The predicted octanol–water partition coefficient (Wildman–Crippen LogP) is 2.04. The molecule has 4 nitrogen and oxygen atoms in total. The van der Waals surface area contributed by atoms with Gasteiger partial charge in [-0.1, -0.05) is 6.42 Å². The highest BCUT2D eigenvalue weighted by Gasteiger charge is 2.19. The van der Waals surface area contributed by atoms with Gasteiger partial charge < -0.3 is 20.3 Å². The third kappa shape index (κ3) is 4.11. The van der Waals surface area contributed by atoms with Crippen molar-refractivity contribution in [2.24, 2.45) is 5.92 Å². The molecule has 0 aliphatic heterocycles. The maximum Gasteiger partial charge on any atom is 0.120 e. The van der Waals surface area contributed by atoms with Crippen molar-refractivity contribution in [1.82, 2.24) is 5.32 Å². The van der Waals surface area contributed by atoms with Gasteiger partial charge in [0.2, 0.25) is 0 Å². The number of hydrogen-bond donors (Lipinski definition) is 3. The number of rotatable bonds is 5. The average molecular weight is 265 g/mol. The summed E-state index contributed by atoms with van der Waals surface area (Å²) in [7, 11) is 1.62.